The second-order valence-electron chi connectivity index (χ2n) is 3.52. The quantitative estimate of drug-likeness (QED) is 0.565. The Balaban J connectivity index is 2.28. The van der Waals surface area contributed by atoms with Gasteiger partial charge in [-0.05, 0) is 18.6 Å². The molecule has 1 aromatic carbocycles. The van der Waals surface area contributed by atoms with E-state index in [1.54, 1.807) is 13.0 Å². The van der Waals surface area contributed by atoms with E-state index in [-0.39, 0.29) is 5.97 Å². The van der Waals surface area contributed by atoms with Gasteiger partial charge in [0.1, 0.15) is 5.75 Å². The van der Waals surface area contributed by atoms with Gasteiger partial charge < -0.3 is 9.47 Å². The molecule has 0 fully saturated rings. The second kappa shape index (κ2) is 4.84. The van der Waals surface area contributed by atoms with Crippen LogP contribution in [0.5, 0.6) is 5.75 Å². The first-order chi connectivity index (χ1) is 7.81. The van der Waals surface area contributed by atoms with Crippen LogP contribution in [0.3, 0.4) is 0 Å². The highest BCUT2D eigenvalue weighted by atomic mass is 16.5. The Hall–Kier alpha value is -1.77. The summed E-state index contributed by atoms with van der Waals surface area (Å²) in [7, 11) is 0. The van der Waals surface area contributed by atoms with Crippen molar-refractivity contribution in [3.63, 3.8) is 0 Å². The summed E-state index contributed by atoms with van der Waals surface area (Å²) < 4.78 is 10.4. The molecule has 84 valence electrons. The maximum Gasteiger partial charge on any atom is 0.331 e. The van der Waals surface area contributed by atoms with Crippen molar-refractivity contribution in [2.24, 2.45) is 0 Å². The van der Waals surface area contributed by atoms with Crippen molar-refractivity contribution in [3.8, 4) is 5.75 Å². The number of ether oxygens (including phenoxy) is 2. The van der Waals surface area contributed by atoms with Gasteiger partial charge in [-0.3, -0.25) is 0 Å². The van der Waals surface area contributed by atoms with E-state index in [2.05, 4.69) is 0 Å². The topological polar surface area (TPSA) is 35.5 Å². The third kappa shape index (κ3) is 2.24. The van der Waals surface area contributed by atoms with Crippen LogP contribution in [0.1, 0.15) is 18.9 Å². The maximum absolute atomic E-state index is 11.4. The van der Waals surface area contributed by atoms with E-state index in [9.17, 15) is 4.79 Å². The van der Waals surface area contributed by atoms with Crippen molar-refractivity contribution in [2.75, 3.05) is 13.2 Å². The van der Waals surface area contributed by atoms with Gasteiger partial charge in [-0.25, -0.2) is 4.79 Å². The molecule has 3 heteroatoms. The Morgan fingerprint density at radius 1 is 1.50 bits per heavy atom. The third-order valence-electron chi connectivity index (χ3n) is 2.44. The van der Waals surface area contributed by atoms with Gasteiger partial charge in [-0.1, -0.05) is 18.2 Å². The van der Waals surface area contributed by atoms with Crippen LogP contribution in [-0.4, -0.2) is 19.2 Å². The van der Waals surface area contributed by atoms with Crippen LogP contribution in [-0.2, 0) is 9.53 Å². The Kier molecular flexibility index (Phi) is 3.25. The van der Waals surface area contributed by atoms with E-state index in [1.807, 2.05) is 24.3 Å². The monoisotopic (exact) mass is 218 g/mol. The number of hydrogen-bond acceptors (Lipinski definition) is 3. The highest BCUT2D eigenvalue weighted by molar-refractivity contribution is 5.92. The molecule has 1 aromatic rings. The van der Waals surface area contributed by atoms with Gasteiger partial charge >= 0.3 is 5.97 Å². The van der Waals surface area contributed by atoms with E-state index in [1.165, 1.54) is 0 Å². The molecule has 0 aliphatic carbocycles. The molecule has 0 atom stereocenters. The summed E-state index contributed by atoms with van der Waals surface area (Å²) >= 11 is 0. The van der Waals surface area contributed by atoms with Gasteiger partial charge in [-0.15, -0.1) is 0 Å². The van der Waals surface area contributed by atoms with E-state index in [0.29, 0.717) is 13.2 Å². The minimum atomic E-state index is -0.283. The zero-order valence-corrected chi connectivity index (χ0v) is 9.23. The van der Waals surface area contributed by atoms with Crippen LogP contribution < -0.4 is 4.74 Å². The Morgan fingerprint density at radius 3 is 3.12 bits per heavy atom. The lowest BCUT2D eigenvalue weighted by Gasteiger charge is -2.19. The molecule has 16 heavy (non-hydrogen) atoms. The molecule has 0 spiro atoms. The summed E-state index contributed by atoms with van der Waals surface area (Å²) in [5.41, 5.74) is 1.97. The van der Waals surface area contributed by atoms with Gasteiger partial charge in [0.05, 0.1) is 13.2 Å². The lowest BCUT2D eigenvalue weighted by atomic mass is 9.99. The molecule has 3 nitrogen and oxygen atoms in total. The lowest BCUT2D eigenvalue weighted by Crippen LogP contribution is -2.09. The van der Waals surface area contributed by atoms with E-state index in [4.69, 9.17) is 9.47 Å². The fraction of sp³-hybridized carbons (Fsp3) is 0.308. The predicted molar refractivity (Wildman–Crippen MR) is 61.2 cm³/mol. The number of hydrogen-bond donors (Lipinski definition) is 0. The van der Waals surface area contributed by atoms with E-state index < -0.39 is 0 Å². The first-order valence-corrected chi connectivity index (χ1v) is 5.41. The normalized spacial score (nSPS) is 16.4. The minimum absolute atomic E-state index is 0.283. The van der Waals surface area contributed by atoms with Crippen molar-refractivity contribution >= 4 is 11.5 Å². The number of rotatable bonds is 2. The van der Waals surface area contributed by atoms with Crippen molar-refractivity contribution in [2.45, 2.75) is 13.3 Å². The third-order valence-corrected chi connectivity index (χ3v) is 2.44. The largest absolute Gasteiger partial charge is 0.493 e. The smallest absolute Gasteiger partial charge is 0.331 e. The van der Waals surface area contributed by atoms with E-state index >= 15 is 0 Å². The standard InChI is InChI=1S/C13H14O3/c1-2-15-13(14)9-10-7-8-16-12-6-4-3-5-11(10)12/h3-6,9H,2,7-8H2,1H3. The van der Waals surface area contributed by atoms with Crippen LogP contribution in [0.2, 0.25) is 0 Å². The first-order valence-electron chi connectivity index (χ1n) is 5.41. The van der Waals surface area contributed by atoms with E-state index in [0.717, 1.165) is 23.3 Å². The fourth-order valence-electron chi connectivity index (χ4n) is 1.74. The zero-order chi connectivity index (χ0) is 11.4. The summed E-state index contributed by atoms with van der Waals surface area (Å²) in [6, 6.07) is 7.73. The molecule has 1 heterocycles. The molecule has 0 saturated heterocycles. The van der Waals surface area contributed by atoms with Gasteiger partial charge in [0.2, 0.25) is 0 Å². The van der Waals surface area contributed by atoms with Crippen LogP contribution in [0.15, 0.2) is 30.3 Å². The van der Waals surface area contributed by atoms with Crippen LogP contribution in [0.4, 0.5) is 0 Å². The predicted octanol–water partition coefficient (Wildman–Crippen LogP) is 2.42. The van der Waals surface area contributed by atoms with Crippen molar-refractivity contribution in [1.82, 2.24) is 0 Å². The highest BCUT2D eigenvalue weighted by Crippen LogP contribution is 2.32. The summed E-state index contributed by atoms with van der Waals surface area (Å²) in [6.07, 6.45) is 2.31. The molecule has 1 aliphatic heterocycles. The molecule has 0 saturated carbocycles. The second-order valence-corrected chi connectivity index (χ2v) is 3.52. The highest BCUT2D eigenvalue weighted by Gasteiger charge is 2.15. The minimum Gasteiger partial charge on any atom is -0.493 e. The Bertz CT molecular complexity index is 421. The van der Waals surface area contributed by atoms with Crippen LogP contribution >= 0.6 is 0 Å². The van der Waals surface area contributed by atoms with Gasteiger partial charge in [-0.2, -0.15) is 0 Å². The number of fused-ring (bicyclic) bond motifs is 1. The van der Waals surface area contributed by atoms with Crippen molar-refractivity contribution in [3.05, 3.63) is 35.9 Å². The van der Waals surface area contributed by atoms with Gasteiger partial charge in [0.15, 0.2) is 0 Å². The molecule has 0 N–H and O–H groups in total. The van der Waals surface area contributed by atoms with Crippen molar-refractivity contribution in [1.29, 1.82) is 0 Å². The molecular weight excluding hydrogens is 204 g/mol. The molecule has 0 amide bonds. The number of para-hydroxylation sites is 1. The summed E-state index contributed by atoms with van der Waals surface area (Å²) in [6.45, 7) is 2.82. The number of esters is 1. The average Bonchev–Trinajstić information content (AvgIpc) is 2.30. The molecule has 0 unspecified atom stereocenters. The van der Waals surface area contributed by atoms with Crippen molar-refractivity contribution < 1.29 is 14.3 Å². The van der Waals surface area contributed by atoms with Gasteiger partial charge in [0, 0.05) is 18.1 Å². The summed E-state index contributed by atoms with van der Waals surface area (Å²) in [5, 5.41) is 0. The van der Waals surface area contributed by atoms with Crippen LogP contribution in [0, 0.1) is 0 Å². The molecule has 0 radical (unpaired) electrons. The number of carbonyl (C=O) groups excluding carboxylic acids is 1. The Morgan fingerprint density at radius 2 is 2.31 bits per heavy atom. The molecule has 2 rings (SSSR count). The number of carbonyl (C=O) groups is 1. The first kappa shape index (κ1) is 10.7. The summed E-state index contributed by atoms with van der Waals surface area (Å²) in [4.78, 5) is 11.4. The number of benzene rings is 1. The average molecular weight is 218 g/mol. The van der Waals surface area contributed by atoms with Gasteiger partial charge in [0.25, 0.3) is 0 Å². The zero-order valence-electron chi connectivity index (χ0n) is 9.23. The Labute approximate surface area is 94.7 Å². The molecule has 0 aromatic heterocycles. The molecule has 1 aliphatic rings. The fourth-order valence-corrected chi connectivity index (χ4v) is 1.74. The summed E-state index contributed by atoms with van der Waals surface area (Å²) in [5.74, 6) is 0.554. The lowest BCUT2D eigenvalue weighted by molar-refractivity contribution is -0.137. The van der Waals surface area contributed by atoms with Crippen LogP contribution in [0.25, 0.3) is 5.57 Å². The molecule has 0 bridgehead atoms. The molecular formula is C13H14O3. The maximum atomic E-state index is 11.4. The SMILES string of the molecule is CCOC(=O)C=C1CCOc2ccccc21.